The average Bonchev–Trinajstić information content (AvgIpc) is 3.12. The van der Waals surface area contributed by atoms with E-state index in [0.29, 0.717) is 26.0 Å². The Kier molecular flexibility index (Phi) is 6.12. The van der Waals surface area contributed by atoms with E-state index in [2.05, 4.69) is 0 Å². The first-order valence-corrected chi connectivity index (χ1v) is 9.29. The predicted octanol–water partition coefficient (Wildman–Crippen LogP) is 3.48. The zero-order chi connectivity index (χ0) is 19.2. The lowest BCUT2D eigenvalue weighted by Crippen LogP contribution is -2.30. The Morgan fingerprint density at radius 3 is 2.59 bits per heavy atom. The summed E-state index contributed by atoms with van der Waals surface area (Å²) in [4.78, 5) is 25.9. The van der Waals surface area contributed by atoms with Crippen molar-refractivity contribution in [3.05, 3.63) is 65.7 Å². The summed E-state index contributed by atoms with van der Waals surface area (Å²) >= 11 is 0. The fourth-order valence-corrected chi connectivity index (χ4v) is 3.57. The molecule has 142 valence electrons. The zero-order valence-electron chi connectivity index (χ0n) is 15.5. The molecule has 5 heteroatoms. The third-order valence-corrected chi connectivity index (χ3v) is 5.01. The van der Waals surface area contributed by atoms with Crippen LogP contribution in [0.3, 0.4) is 0 Å². The maximum Gasteiger partial charge on any atom is 0.308 e. The van der Waals surface area contributed by atoms with Crippen LogP contribution in [0.25, 0.3) is 0 Å². The third-order valence-electron chi connectivity index (χ3n) is 5.01. The molecule has 1 amide bonds. The second-order valence-corrected chi connectivity index (χ2v) is 7.03. The van der Waals surface area contributed by atoms with Crippen LogP contribution in [0.2, 0.25) is 0 Å². The number of amides is 1. The van der Waals surface area contributed by atoms with Crippen LogP contribution >= 0.6 is 0 Å². The van der Waals surface area contributed by atoms with Gasteiger partial charge in [-0.15, -0.1) is 0 Å². The van der Waals surface area contributed by atoms with Crippen LogP contribution in [-0.2, 0) is 9.59 Å². The van der Waals surface area contributed by atoms with E-state index < -0.39 is 11.9 Å². The molecule has 1 saturated heterocycles. The van der Waals surface area contributed by atoms with Gasteiger partial charge in [0.2, 0.25) is 5.91 Å². The monoisotopic (exact) mass is 367 g/mol. The Morgan fingerprint density at radius 1 is 1.11 bits per heavy atom. The average molecular weight is 367 g/mol. The molecule has 5 nitrogen and oxygen atoms in total. The van der Waals surface area contributed by atoms with E-state index in [9.17, 15) is 14.7 Å². The summed E-state index contributed by atoms with van der Waals surface area (Å²) in [5, 5.41) is 9.55. The number of carbonyl (C=O) groups is 2. The quantitative estimate of drug-likeness (QED) is 0.761. The maximum atomic E-state index is 12.5. The second kappa shape index (κ2) is 8.71. The van der Waals surface area contributed by atoms with Crippen LogP contribution in [0.1, 0.15) is 29.9 Å². The molecule has 1 fully saturated rings. The summed E-state index contributed by atoms with van der Waals surface area (Å²) in [5.41, 5.74) is 2.11. The highest BCUT2D eigenvalue weighted by atomic mass is 16.5. The molecule has 1 aliphatic rings. The molecule has 2 aromatic carbocycles. The van der Waals surface area contributed by atoms with Gasteiger partial charge in [0.1, 0.15) is 5.75 Å². The standard InChI is InChI=1S/C22H25NO4/c1-16-7-5-10-18(13-16)27-12-6-11-21(24)23-14-19(20(15-23)22(25)26)17-8-3-2-4-9-17/h2-5,7-10,13,19-20H,6,11-12,14-15H2,1H3,(H,25,26). The lowest BCUT2D eigenvalue weighted by molar-refractivity contribution is -0.141. The summed E-state index contributed by atoms with van der Waals surface area (Å²) in [7, 11) is 0. The number of aryl methyl sites for hydroxylation is 1. The van der Waals surface area contributed by atoms with Crippen LogP contribution in [0, 0.1) is 12.8 Å². The van der Waals surface area contributed by atoms with Crippen molar-refractivity contribution in [1.29, 1.82) is 0 Å². The molecule has 0 spiro atoms. The Morgan fingerprint density at radius 2 is 1.89 bits per heavy atom. The SMILES string of the molecule is Cc1cccc(OCCCC(=O)N2CC(C(=O)O)C(c3ccccc3)C2)c1. The molecule has 1 aliphatic heterocycles. The molecule has 3 rings (SSSR count). The van der Waals surface area contributed by atoms with Gasteiger partial charge in [-0.2, -0.15) is 0 Å². The highest BCUT2D eigenvalue weighted by molar-refractivity contribution is 5.79. The summed E-state index contributed by atoms with van der Waals surface area (Å²) < 4.78 is 5.68. The molecule has 0 aromatic heterocycles. The van der Waals surface area contributed by atoms with Crippen LogP contribution < -0.4 is 4.74 Å². The fraction of sp³-hybridized carbons (Fsp3) is 0.364. The van der Waals surface area contributed by atoms with E-state index in [1.807, 2.05) is 61.5 Å². The van der Waals surface area contributed by atoms with E-state index in [1.165, 1.54) is 0 Å². The smallest absolute Gasteiger partial charge is 0.308 e. The lowest BCUT2D eigenvalue weighted by Gasteiger charge is -2.16. The zero-order valence-corrected chi connectivity index (χ0v) is 15.5. The number of nitrogens with zero attached hydrogens (tertiary/aromatic N) is 1. The van der Waals surface area contributed by atoms with Crippen molar-refractivity contribution >= 4 is 11.9 Å². The summed E-state index contributed by atoms with van der Waals surface area (Å²) in [6, 6.07) is 17.4. The minimum absolute atomic E-state index is 0.00692. The minimum Gasteiger partial charge on any atom is -0.494 e. The summed E-state index contributed by atoms with van der Waals surface area (Å²) in [5.74, 6) is -0.760. The molecular weight excluding hydrogens is 342 g/mol. The molecule has 0 saturated carbocycles. The van der Waals surface area contributed by atoms with Crippen molar-refractivity contribution in [2.45, 2.75) is 25.7 Å². The van der Waals surface area contributed by atoms with Crippen molar-refractivity contribution in [3.8, 4) is 5.75 Å². The maximum absolute atomic E-state index is 12.5. The minimum atomic E-state index is -0.845. The molecule has 0 radical (unpaired) electrons. The Labute approximate surface area is 159 Å². The van der Waals surface area contributed by atoms with Gasteiger partial charge in [0.15, 0.2) is 0 Å². The third kappa shape index (κ3) is 4.88. The van der Waals surface area contributed by atoms with Gasteiger partial charge in [-0.3, -0.25) is 9.59 Å². The van der Waals surface area contributed by atoms with Gasteiger partial charge in [-0.25, -0.2) is 0 Å². The molecule has 2 unspecified atom stereocenters. The predicted molar refractivity (Wildman–Crippen MR) is 103 cm³/mol. The van der Waals surface area contributed by atoms with Gasteiger partial charge in [0, 0.05) is 25.4 Å². The molecule has 1 N–H and O–H groups in total. The van der Waals surface area contributed by atoms with Crippen molar-refractivity contribution in [2.75, 3.05) is 19.7 Å². The van der Waals surface area contributed by atoms with Gasteiger partial charge in [0.25, 0.3) is 0 Å². The Hall–Kier alpha value is -2.82. The van der Waals surface area contributed by atoms with Crippen molar-refractivity contribution < 1.29 is 19.4 Å². The van der Waals surface area contributed by atoms with E-state index in [1.54, 1.807) is 4.90 Å². The number of rotatable bonds is 7. The topological polar surface area (TPSA) is 66.8 Å². The normalized spacial score (nSPS) is 19.1. The molecule has 0 aliphatic carbocycles. The number of benzene rings is 2. The van der Waals surface area contributed by atoms with Crippen LogP contribution in [0.15, 0.2) is 54.6 Å². The van der Waals surface area contributed by atoms with E-state index in [0.717, 1.165) is 16.9 Å². The molecule has 1 heterocycles. The number of carboxylic acid groups (broad SMARTS) is 1. The van der Waals surface area contributed by atoms with Crippen LogP contribution in [0.5, 0.6) is 5.75 Å². The molecular formula is C22H25NO4. The number of hydrogen-bond donors (Lipinski definition) is 1. The number of hydrogen-bond acceptors (Lipinski definition) is 3. The van der Waals surface area contributed by atoms with Gasteiger partial charge in [-0.1, -0.05) is 42.5 Å². The number of ether oxygens (including phenoxy) is 1. The van der Waals surface area contributed by atoms with Crippen molar-refractivity contribution in [3.63, 3.8) is 0 Å². The number of carbonyl (C=O) groups excluding carboxylic acids is 1. The highest BCUT2D eigenvalue weighted by Gasteiger charge is 2.40. The second-order valence-electron chi connectivity index (χ2n) is 7.03. The molecule has 27 heavy (non-hydrogen) atoms. The number of aliphatic carboxylic acids is 1. The molecule has 0 bridgehead atoms. The number of carboxylic acids is 1. The fourth-order valence-electron chi connectivity index (χ4n) is 3.57. The van der Waals surface area contributed by atoms with E-state index in [4.69, 9.17) is 4.74 Å². The van der Waals surface area contributed by atoms with Crippen LogP contribution in [-0.4, -0.2) is 41.6 Å². The first-order valence-electron chi connectivity index (χ1n) is 9.29. The van der Waals surface area contributed by atoms with Crippen molar-refractivity contribution in [2.24, 2.45) is 5.92 Å². The largest absolute Gasteiger partial charge is 0.494 e. The molecule has 2 atom stereocenters. The van der Waals surface area contributed by atoms with Gasteiger partial charge < -0.3 is 14.7 Å². The van der Waals surface area contributed by atoms with Crippen molar-refractivity contribution in [1.82, 2.24) is 4.90 Å². The van der Waals surface area contributed by atoms with Gasteiger partial charge >= 0.3 is 5.97 Å². The van der Waals surface area contributed by atoms with E-state index >= 15 is 0 Å². The Bertz CT molecular complexity index is 790. The number of likely N-dealkylation sites (tertiary alicyclic amines) is 1. The molecule has 2 aromatic rings. The summed E-state index contributed by atoms with van der Waals surface area (Å²) in [6.07, 6.45) is 0.969. The Balaban J connectivity index is 1.52. The van der Waals surface area contributed by atoms with Gasteiger partial charge in [-0.05, 0) is 36.6 Å². The first-order chi connectivity index (χ1) is 13.0. The summed E-state index contributed by atoms with van der Waals surface area (Å²) in [6.45, 7) is 3.20. The van der Waals surface area contributed by atoms with E-state index in [-0.39, 0.29) is 18.4 Å². The highest BCUT2D eigenvalue weighted by Crippen LogP contribution is 2.33. The van der Waals surface area contributed by atoms with Crippen LogP contribution in [0.4, 0.5) is 0 Å². The first kappa shape index (κ1) is 19.0. The van der Waals surface area contributed by atoms with Gasteiger partial charge in [0.05, 0.1) is 12.5 Å². The lowest BCUT2D eigenvalue weighted by atomic mass is 9.89.